The number of nitrogens with zero attached hydrogens (tertiary/aromatic N) is 2. The maximum Gasteiger partial charge on any atom is 0.109 e. The van der Waals surface area contributed by atoms with Crippen molar-refractivity contribution in [1.29, 1.82) is 0 Å². The van der Waals surface area contributed by atoms with Crippen LogP contribution in [0.25, 0.3) is 0 Å². The van der Waals surface area contributed by atoms with E-state index in [1.54, 1.807) is 11.3 Å². The van der Waals surface area contributed by atoms with E-state index in [4.69, 9.17) is 5.73 Å². The predicted octanol–water partition coefficient (Wildman–Crippen LogP) is 3.99. The summed E-state index contributed by atoms with van der Waals surface area (Å²) in [6.07, 6.45) is 6.97. The molecule has 0 radical (unpaired) electrons. The van der Waals surface area contributed by atoms with E-state index in [-0.39, 0.29) is 12.1 Å². The van der Waals surface area contributed by atoms with Crippen LogP contribution in [0, 0.1) is 0 Å². The molecular weight excluding hydrogens is 322 g/mol. The highest BCUT2D eigenvalue weighted by atomic mass is 79.9. The van der Waals surface area contributed by atoms with E-state index >= 15 is 0 Å². The zero-order valence-corrected chi connectivity index (χ0v) is 13.7. The quantitative estimate of drug-likeness (QED) is 0.863. The number of imidazole rings is 1. The molecule has 0 bridgehead atoms. The fourth-order valence-corrected chi connectivity index (χ4v) is 3.89. The highest BCUT2D eigenvalue weighted by Crippen LogP contribution is 2.31. The Hall–Kier alpha value is -0.650. The predicted molar refractivity (Wildman–Crippen MR) is 84.6 cm³/mol. The van der Waals surface area contributed by atoms with Gasteiger partial charge in [0, 0.05) is 39.6 Å². The lowest BCUT2D eigenvalue weighted by atomic mass is 10.0. The lowest BCUT2D eigenvalue weighted by molar-refractivity contribution is 0.450. The molecule has 2 unspecified atom stereocenters. The standard InChI is InChI=1S/C14H20BrN3S/c1-3-5-13-17-6-7-18(13)14(11(16)4-2)12-8-10(15)9-19-12/h6-9,11,14H,3-5,16H2,1-2H3. The first-order chi connectivity index (χ1) is 9.17. The van der Waals surface area contributed by atoms with Gasteiger partial charge in [0.1, 0.15) is 5.82 Å². The smallest absolute Gasteiger partial charge is 0.109 e. The van der Waals surface area contributed by atoms with Crippen molar-refractivity contribution in [2.24, 2.45) is 5.73 Å². The van der Waals surface area contributed by atoms with Gasteiger partial charge in [-0.3, -0.25) is 0 Å². The van der Waals surface area contributed by atoms with Crippen molar-refractivity contribution in [1.82, 2.24) is 9.55 Å². The molecule has 3 nitrogen and oxygen atoms in total. The van der Waals surface area contributed by atoms with Gasteiger partial charge in [0.15, 0.2) is 0 Å². The number of hydrogen-bond acceptors (Lipinski definition) is 3. The van der Waals surface area contributed by atoms with Gasteiger partial charge in [0.2, 0.25) is 0 Å². The first-order valence-electron chi connectivity index (χ1n) is 6.68. The van der Waals surface area contributed by atoms with Crippen LogP contribution in [0.4, 0.5) is 0 Å². The van der Waals surface area contributed by atoms with Crippen molar-refractivity contribution >= 4 is 27.3 Å². The summed E-state index contributed by atoms with van der Waals surface area (Å²) in [6.45, 7) is 4.31. The molecule has 0 fully saturated rings. The van der Waals surface area contributed by atoms with Crippen molar-refractivity contribution in [3.63, 3.8) is 0 Å². The number of nitrogens with two attached hydrogens (primary N) is 1. The second-order valence-corrected chi connectivity index (χ2v) is 6.54. The SMILES string of the molecule is CCCc1nccn1C(c1cc(Br)cs1)C(N)CC. The minimum absolute atomic E-state index is 0.107. The topological polar surface area (TPSA) is 43.8 Å². The lowest BCUT2D eigenvalue weighted by Gasteiger charge is -2.25. The van der Waals surface area contributed by atoms with E-state index in [2.05, 4.69) is 57.0 Å². The van der Waals surface area contributed by atoms with Gasteiger partial charge >= 0.3 is 0 Å². The van der Waals surface area contributed by atoms with Crippen molar-refractivity contribution in [2.45, 2.75) is 45.2 Å². The molecule has 0 aromatic carbocycles. The Balaban J connectivity index is 2.40. The average Bonchev–Trinajstić information content (AvgIpc) is 3.01. The normalized spacial score (nSPS) is 14.5. The molecule has 104 valence electrons. The number of aryl methyl sites for hydroxylation is 1. The van der Waals surface area contributed by atoms with Crippen molar-refractivity contribution < 1.29 is 0 Å². The number of hydrogen-bond donors (Lipinski definition) is 1. The summed E-state index contributed by atoms with van der Waals surface area (Å²) in [7, 11) is 0. The van der Waals surface area contributed by atoms with Crippen LogP contribution in [-0.4, -0.2) is 15.6 Å². The summed E-state index contributed by atoms with van der Waals surface area (Å²) in [5, 5.41) is 2.11. The van der Waals surface area contributed by atoms with Crippen LogP contribution in [0.1, 0.15) is 43.4 Å². The third-order valence-electron chi connectivity index (χ3n) is 3.28. The third kappa shape index (κ3) is 3.27. The monoisotopic (exact) mass is 341 g/mol. The molecule has 2 N–H and O–H groups in total. The molecule has 0 aliphatic heterocycles. The lowest BCUT2D eigenvalue weighted by Crippen LogP contribution is -2.32. The molecule has 2 rings (SSSR count). The molecule has 0 amide bonds. The van der Waals surface area contributed by atoms with E-state index < -0.39 is 0 Å². The molecule has 2 aromatic heterocycles. The van der Waals surface area contributed by atoms with Crippen LogP contribution >= 0.6 is 27.3 Å². The second kappa shape index (κ2) is 6.68. The van der Waals surface area contributed by atoms with Gasteiger partial charge in [-0.1, -0.05) is 13.8 Å². The van der Waals surface area contributed by atoms with E-state index in [1.807, 2.05) is 6.20 Å². The van der Waals surface area contributed by atoms with Gasteiger partial charge in [-0.15, -0.1) is 11.3 Å². The summed E-state index contributed by atoms with van der Waals surface area (Å²) in [5.41, 5.74) is 6.36. The number of thiophene rings is 1. The number of rotatable bonds is 6. The molecule has 2 aromatic rings. The Morgan fingerprint density at radius 2 is 2.26 bits per heavy atom. The van der Waals surface area contributed by atoms with Gasteiger partial charge < -0.3 is 10.3 Å². The van der Waals surface area contributed by atoms with Crippen LogP contribution in [0.2, 0.25) is 0 Å². The number of halogens is 1. The number of aromatic nitrogens is 2. The molecular formula is C14H20BrN3S. The summed E-state index contributed by atoms with van der Waals surface area (Å²) in [4.78, 5) is 5.76. The summed E-state index contributed by atoms with van der Waals surface area (Å²) in [6, 6.07) is 2.46. The van der Waals surface area contributed by atoms with Gasteiger partial charge in [-0.05, 0) is 34.8 Å². The Kier molecular flexibility index (Phi) is 5.19. The second-order valence-electron chi connectivity index (χ2n) is 4.68. The first kappa shape index (κ1) is 14.8. The van der Waals surface area contributed by atoms with Gasteiger partial charge in [0.25, 0.3) is 0 Å². The summed E-state index contributed by atoms with van der Waals surface area (Å²) >= 11 is 5.28. The molecule has 2 atom stereocenters. The van der Waals surface area contributed by atoms with Crippen LogP contribution in [0.5, 0.6) is 0 Å². The van der Waals surface area contributed by atoms with Crippen LogP contribution < -0.4 is 5.73 Å². The van der Waals surface area contributed by atoms with Crippen LogP contribution in [0.3, 0.4) is 0 Å². The third-order valence-corrected chi connectivity index (χ3v) is 5.04. The van der Waals surface area contributed by atoms with Crippen molar-refractivity contribution in [3.05, 3.63) is 39.0 Å². The highest BCUT2D eigenvalue weighted by molar-refractivity contribution is 9.10. The Morgan fingerprint density at radius 3 is 2.84 bits per heavy atom. The maximum absolute atomic E-state index is 6.36. The zero-order valence-electron chi connectivity index (χ0n) is 11.3. The van der Waals surface area contributed by atoms with Crippen LogP contribution in [0.15, 0.2) is 28.3 Å². The van der Waals surface area contributed by atoms with Crippen LogP contribution in [-0.2, 0) is 6.42 Å². The summed E-state index contributed by atoms with van der Waals surface area (Å²) in [5.74, 6) is 1.13. The molecule has 0 saturated carbocycles. The van der Waals surface area contributed by atoms with E-state index in [9.17, 15) is 0 Å². The first-order valence-corrected chi connectivity index (χ1v) is 8.35. The average molecular weight is 342 g/mol. The van der Waals surface area contributed by atoms with Gasteiger partial charge in [-0.2, -0.15) is 0 Å². The molecule has 2 heterocycles. The Morgan fingerprint density at radius 1 is 1.47 bits per heavy atom. The van der Waals surface area contributed by atoms with E-state index in [0.29, 0.717) is 0 Å². The fraction of sp³-hybridized carbons (Fsp3) is 0.500. The molecule has 0 spiro atoms. The molecule has 19 heavy (non-hydrogen) atoms. The van der Waals surface area contributed by atoms with E-state index in [0.717, 1.165) is 29.6 Å². The summed E-state index contributed by atoms with van der Waals surface area (Å²) < 4.78 is 3.37. The fourth-order valence-electron chi connectivity index (χ4n) is 2.28. The van der Waals surface area contributed by atoms with Gasteiger partial charge in [0.05, 0.1) is 6.04 Å². The Bertz CT molecular complexity index is 520. The van der Waals surface area contributed by atoms with Gasteiger partial charge in [-0.25, -0.2) is 4.98 Å². The van der Waals surface area contributed by atoms with Crippen molar-refractivity contribution in [2.75, 3.05) is 0 Å². The molecule has 0 aliphatic rings. The van der Waals surface area contributed by atoms with E-state index in [1.165, 1.54) is 4.88 Å². The Labute approximate surface area is 127 Å². The zero-order chi connectivity index (χ0) is 13.8. The molecule has 0 saturated heterocycles. The molecule has 0 aliphatic carbocycles. The minimum Gasteiger partial charge on any atom is -0.326 e. The maximum atomic E-state index is 6.36. The highest BCUT2D eigenvalue weighted by Gasteiger charge is 2.23. The molecule has 5 heteroatoms. The minimum atomic E-state index is 0.107. The van der Waals surface area contributed by atoms with Crippen molar-refractivity contribution in [3.8, 4) is 0 Å². The largest absolute Gasteiger partial charge is 0.326 e.